The molecule has 116 valence electrons. The number of methoxy groups -OCH3 is 2. The van der Waals surface area contributed by atoms with Crippen molar-refractivity contribution in [1.29, 1.82) is 0 Å². The summed E-state index contributed by atoms with van der Waals surface area (Å²) < 4.78 is 10.4. The molecule has 0 spiro atoms. The lowest BCUT2D eigenvalue weighted by molar-refractivity contribution is -0.120. The quantitative estimate of drug-likeness (QED) is 0.917. The fourth-order valence-electron chi connectivity index (χ4n) is 2.17. The third kappa shape index (κ3) is 3.22. The highest BCUT2D eigenvalue weighted by Gasteiger charge is 2.30. The SMILES string of the molecule is COc1ccc(C(C)(C)C(=O)Nc2ccccc2OC)cc1. The van der Waals surface area contributed by atoms with E-state index in [1.165, 1.54) is 0 Å². The van der Waals surface area contributed by atoms with Gasteiger partial charge < -0.3 is 14.8 Å². The van der Waals surface area contributed by atoms with Gasteiger partial charge in [0.2, 0.25) is 5.91 Å². The molecule has 0 aliphatic rings. The Hall–Kier alpha value is -2.49. The van der Waals surface area contributed by atoms with Gasteiger partial charge in [0.25, 0.3) is 0 Å². The summed E-state index contributed by atoms with van der Waals surface area (Å²) in [7, 11) is 3.20. The number of ether oxygens (including phenoxy) is 2. The maximum atomic E-state index is 12.7. The molecule has 0 unspecified atom stereocenters. The Morgan fingerprint density at radius 3 is 2.18 bits per heavy atom. The number of rotatable bonds is 5. The van der Waals surface area contributed by atoms with Gasteiger partial charge in [0.05, 0.1) is 25.3 Å². The molecule has 22 heavy (non-hydrogen) atoms. The monoisotopic (exact) mass is 299 g/mol. The second-order valence-electron chi connectivity index (χ2n) is 5.51. The molecular formula is C18H21NO3. The Kier molecular flexibility index (Phi) is 4.71. The molecule has 0 atom stereocenters. The Balaban J connectivity index is 2.22. The molecule has 0 fully saturated rings. The summed E-state index contributed by atoms with van der Waals surface area (Å²) in [6.07, 6.45) is 0. The molecule has 0 aromatic heterocycles. The predicted octanol–water partition coefficient (Wildman–Crippen LogP) is 3.62. The van der Waals surface area contributed by atoms with Crippen LogP contribution in [-0.2, 0) is 10.2 Å². The van der Waals surface area contributed by atoms with Gasteiger partial charge in [-0.2, -0.15) is 0 Å². The van der Waals surface area contributed by atoms with Crippen molar-refractivity contribution < 1.29 is 14.3 Å². The first-order chi connectivity index (χ1) is 10.5. The number of nitrogens with one attached hydrogen (secondary N) is 1. The fraction of sp³-hybridized carbons (Fsp3) is 0.278. The van der Waals surface area contributed by atoms with Gasteiger partial charge in [-0.15, -0.1) is 0 Å². The Morgan fingerprint density at radius 2 is 1.59 bits per heavy atom. The Labute approximate surface area is 131 Å². The molecule has 0 radical (unpaired) electrons. The highest BCUT2D eigenvalue weighted by molar-refractivity contribution is 5.99. The van der Waals surface area contributed by atoms with E-state index in [-0.39, 0.29) is 5.91 Å². The minimum absolute atomic E-state index is 0.0952. The fourth-order valence-corrected chi connectivity index (χ4v) is 2.17. The van der Waals surface area contributed by atoms with Gasteiger partial charge >= 0.3 is 0 Å². The molecule has 0 bridgehead atoms. The van der Waals surface area contributed by atoms with Gasteiger partial charge in [0.1, 0.15) is 11.5 Å². The second-order valence-corrected chi connectivity index (χ2v) is 5.51. The van der Waals surface area contributed by atoms with Gasteiger partial charge in [-0.25, -0.2) is 0 Å². The van der Waals surface area contributed by atoms with Crippen molar-refractivity contribution in [3.63, 3.8) is 0 Å². The highest BCUT2D eigenvalue weighted by Crippen LogP contribution is 2.29. The Bertz CT molecular complexity index is 648. The van der Waals surface area contributed by atoms with Crippen LogP contribution in [0.15, 0.2) is 48.5 Å². The average Bonchev–Trinajstić information content (AvgIpc) is 2.55. The number of carbonyl (C=O) groups is 1. The average molecular weight is 299 g/mol. The summed E-state index contributed by atoms with van der Waals surface area (Å²) >= 11 is 0. The molecule has 0 saturated heterocycles. The van der Waals surface area contributed by atoms with Crippen molar-refractivity contribution >= 4 is 11.6 Å². The number of para-hydroxylation sites is 2. The smallest absolute Gasteiger partial charge is 0.234 e. The molecule has 0 aliphatic heterocycles. The zero-order chi connectivity index (χ0) is 16.2. The van der Waals surface area contributed by atoms with Crippen LogP contribution in [-0.4, -0.2) is 20.1 Å². The molecule has 1 N–H and O–H groups in total. The van der Waals surface area contributed by atoms with Crippen LogP contribution in [0.25, 0.3) is 0 Å². The van der Waals surface area contributed by atoms with E-state index in [4.69, 9.17) is 9.47 Å². The van der Waals surface area contributed by atoms with Crippen molar-refractivity contribution in [2.75, 3.05) is 19.5 Å². The maximum Gasteiger partial charge on any atom is 0.234 e. The second kappa shape index (κ2) is 6.52. The molecule has 0 aliphatic carbocycles. The summed E-state index contributed by atoms with van der Waals surface area (Å²) in [4.78, 5) is 12.7. The molecular weight excluding hydrogens is 278 g/mol. The van der Waals surface area contributed by atoms with E-state index >= 15 is 0 Å². The topological polar surface area (TPSA) is 47.6 Å². The summed E-state index contributed by atoms with van der Waals surface area (Å²) in [5.41, 5.74) is 0.907. The van der Waals surface area contributed by atoms with Crippen LogP contribution in [0.5, 0.6) is 11.5 Å². The summed E-state index contributed by atoms with van der Waals surface area (Å²) in [5, 5.41) is 2.93. The highest BCUT2D eigenvalue weighted by atomic mass is 16.5. The van der Waals surface area contributed by atoms with Crippen LogP contribution >= 0.6 is 0 Å². The van der Waals surface area contributed by atoms with Crippen LogP contribution in [0.4, 0.5) is 5.69 Å². The molecule has 2 aromatic carbocycles. The van der Waals surface area contributed by atoms with Gasteiger partial charge in [-0.3, -0.25) is 4.79 Å². The summed E-state index contributed by atoms with van der Waals surface area (Å²) in [6, 6.07) is 14.9. The van der Waals surface area contributed by atoms with E-state index in [0.29, 0.717) is 11.4 Å². The van der Waals surface area contributed by atoms with E-state index in [0.717, 1.165) is 11.3 Å². The van der Waals surface area contributed by atoms with Gasteiger partial charge in [0.15, 0.2) is 0 Å². The van der Waals surface area contributed by atoms with Crippen LogP contribution in [0.1, 0.15) is 19.4 Å². The first-order valence-electron chi connectivity index (χ1n) is 7.08. The van der Waals surface area contributed by atoms with E-state index in [2.05, 4.69) is 5.32 Å². The van der Waals surface area contributed by atoms with Crippen LogP contribution in [0.3, 0.4) is 0 Å². The molecule has 0 heterocycles. The van der Waals surface area contributed by atoms with Gasteiger partial charge in [-0.1, -0.05) is 24.3 Å². The standard InChI is InChI=1S/C18H21NO3/c1-18(2,13-9-11-14(21-3)12-10-13)17(20)19-15-7-5-6-8-16(15)22-4/h5-12H,1-4H3,(H,19,20). The van der Waals surface area contributed by atoms with E-state index < -0.39 is 5.41 Å². The van der Waals surface area contributed by atoms with E-state index in [1.54, 1.807) is 14.2 Å². The number of benzene rings is 2. The molecule has 1 amide bonds. The normalized spacial score (nSPS) is 10.9. The van der Waals surface area contributed by atoms with Gasteiger partial charge in [0, 0.05) is 0 Å². The molecule has 0 saturated carbocycles. The van der Waals surface area contributed by atoms with Crippen molar-refractivity contribution in [3.05, 3.63) is 54.1 Å². The first-order valence-corrected chi connectivity index (χ1v) is 7.08. The third-order valence-electron chi connectivity index (χ3n) is 3.73. The molecule has 4 nitrogen and oxygen atoms in total. The van der Waals surface area contributed by atoms with Crippen molar-refractivity contribution in [3.8, 4) is 11.5 Å². The number of amides is 1. The minimum atomic E-state index is -0.673. The predicted molar refractivity (Wildman–Crippen MR) is 87.6 cm³/mol. The molecule has 2 aromatic rings. The lowest BCUT2D eigenvalue weighted by atomic mass is 9.83. The first kappa shape index (κ1) is 15.9. The minimum Gasteiger partial charge on any atom is -0.497 e. The maximum absolute atomic E-state index is 12.7. The number of hydrogen-bond donors (Lipinski definition) is 1. The molecule has 4 heteroatoms. The number of carbonyl (C=O) groups excluding carboxylic acids is 1. The van der Waals surface area contributed by atoms with Gasteiger partial charge in [-0.05, 0) is 43.7 Å². The van der Waals surface area contributed by atoms with Crippen LogP contribution in [0.2, 0.25) is 0 Å². The van der Waals surface area contributed by atoms with E-state index in [1.807, 2.05) is 62.4 Å². The Morgan fingerprint density at radius 1 is 0.955 bits per heavy atom. The van der Waals surface area contributed by atoms with Crippen LogP contribution < -0.4 is 14.8 Å². The zero-order valence-electron chi connectivity index (χ0n) is 13.3. The van der Waals surface area contributed by atoms with Crippen molar-refractivity contribution in [2.45, 2.75) is 19.3 Å². The summed E-state index contributed by atoms with van der Waals surface area (Å²) in [5.74, 6) is 1.31. The lowest BCUT2D eigenvalue weighted by Gasteiger charge is -2.25. The lowest BCUT2D eigenvalue weighted by Crippen LogP contribution is -2.34. The number of anilines is 1. The summed E-state index contributed by atoms with van der Waals surface area (Å²) in [6.45, 7) is 3.78. The number of hydrogen-bond acceptors (Lipinski definition) is 3. The van der Waals surface area contributed by atoms with Crippen molar-refractivity contribution in [2.24, 2.45) is 0 Å². The van der Waals surface area contributed by atoms with Crippen molar-refractivity contribution in [1.82, 2.24) is 0 Å². The zero-order valence-corrected chi connectivity index (χ0v) is 13.3. The largest absolute Gasteiger partial charge is 0.497 e. The van der Waals surface area contributed by atoms with Crippen LogP contribution in [0, 0.1) is 0 Å². The van der Waals surface area contributed by atoms with E-state index in [9.17, 15) is 4.79 Å². The third-order valence-corrected chi connectivity index (χ3v) is 3.73. The molecule has 2 rings (SSSR count).